The molecule has 1 heterocycles. The quantitative estimate of drug-likeness (QED) is 0.716. The summed E-state index contributed by atoms with van der Waals surface area (Å²) in [6, 6.07) is 0.361. The number of nitrogens with zero attached hydrogens (tertiary/aromatic N) is 1. The van der Waals surface area contributed by atoms with Gasteiger partial charge in [-0.3, -0.25) is 0 Å². The third kappa shape index (κ3) is 3.70. The van der Waals surface area contributed by atoms with Gasteiger partial charge in [0.15, 0.2) is 0 Å². The zero-order valence-electron chi connectivity index (χ0n) is 10.3. The summed E-state index contributed by atoms with van der Waals surface area (Å²) in [6.45, 7) is 12.1. The second-order valence-corrected chi connectivity index (χ2v) is 5.18. The summed E-state index contributed by atoms with van der Waals surface area (Å²) in [7, 11) is 0. The average molecular weight is 213 g/mol. The van der Waals surface area contributed by atoms with E-state index >= 15 is 0 Å². The van der Waals surface area contributed by atoms with Crippen molar-refractivity contribution < 1.29 is 4.79 Å². The Morgan fingerprint density at radius 2 is 2.27 bits per heavy atom. The molecular weight excluding hydrogens is 190 g/mol. The standard InChI is InChI=1S/C11H23N3O/c1-5-12-7-11(3,4)8-14-6-9(2)13-10(14)15/h9,12H,5-8H2,1-4H3,(H,13,15). The second-order valence-electron chi connectivity index (χ2n) is 5.18. The normalized spacial score (nSPS) is 22.0. The number of hydrogen-bond acceptors (Lipinski definition) is 2. The van der Waals surface area contributed by atoms with Gasteiger partial charge in [-0.05, 0) is 18.9 Å². The van der Waals surface area contributed by atoms with Gasteiger partial charge in [-0.15, -0.1) is 0 Å². The molecule has 0 aliphatic carbocycles. The van der Waals surface area contributed by atoms with Crippen LogP contribution in [0, 0.1) is 5.41 Å². The van der Waals surface area contributed by atoms with E-state index in [9.17, 15) is 4.79 Å². The molecule has 0 radical (unpaired) electrons. The highest BCUT2D eigenvalue weighted by Gasteiger charge is 2.30. The summed E-state index contributed by atoms with van der Waals surface area (Å²) in [5.74, 6) is 0. The number of urea groups is 1. The molecule has 1 saturated heterocycles. The molecule has 4 nitrogen and oxygen atoms in total. The van der Waals surface area contributed by atoms with Crippen molar-refractivity contribution in [2.45, 2.75) is 33.7 Å². The van der Waals surface area contributed by atoms with Crippen molar-refractivity contribution in [3.63, 3.8) is 0 Å². The van der Waals surface area contributed by atoms with Crippen LogP contribution < -0.4 is 10.6 Å². The first-order chi connectivity index (χ1) is 6.94. The van der Waals surface area contributed by atoms with Crippen molar-refractivity contribution in [2.75, 3.05) is 26.2 Å². The Morgan fingerprint density at radius 3 is 2.73 bits per heavy atom. The van der Waals surface area contributed by atoms with E-state index < -0.39 is 0 Å². The van der Waals surface area contributed by atoms with Gasteiger partial charge in [0, 0.05) is 25.7 Å². The molecule has 0 spiro atoms. The lowest BCUT2D eigenvalue weighted by atomic mass is 9.92. The Balaban J connectivity index is 2.42. The molecule has 0 aromatic carbocycles. The molecular formula is C11H23N3O. The molecule has 1 rings (SSSR count). The fraction of sp³-hybridized carbons (Fsp3) is 0.909. The van der Waals surface area contributed by atoms with Crippen LogP contribution in [0.2, 0.25) is 0 Å². The van der Waals surface area contributed by atoms with E-state index in [1.807, 2.05) is 11.8 Å². The van der Waals surface area contributed by atoms with Crippen molar-refractivity contribution in [2.24, 2.45) is 5.41 Å². The van der Waals surface area contributed by atoms with Gasteiger partial charge in [-0.2, -0.15) is 0 Å². The van der Waals surface area contributed by atoms with Crippen LogP contribution in [0.4, 0.5) is 4.79 Å². The SMILES string of the molecule is CCNCC(C)(C)CN1CC(C)NC1=O. The van der Waals surface area contributed by atoms with E-state index in [1.165, 1.54) is 0 Å². The van der Waals surface area contributed by atoms with Crippen LogP contribution in [-0.4, -0.2) is 43.2 Å². The molecule has 0 aromatic rings. The third-order valence-electron chi connectivity index (χ3n) is 2.62. The predicted octanol–water partition coefficient (Wildman–Crippen LogP) is 1.04. The predicted molar refractivity (Wildman–Crippen MR) is 61.9 cm³/mol. The molecule has 0 saturated carbocycles. The van der Waals surface area contributed by atoms with Crippen molar-refractivity contribution in [1.82, 2.24) is 15.5 Å². The van der Waals surface area contributed by atoms with Gasteiger partial charge in [0.2, 0.25) is 0 Å². The van der Waals surface area contributed by atoms with Crippen molar-refractivity contribution >= 4 is 6.03 Å². The number of carbonyl (C=O) groups is 1. The lowest BCUT2D eigenvalue weighted by Crippen LogP contribution is -2.41. The van der Waals surface area contributed by atoms with Gasteiger partial charge in [0.05, 0.1) is 0 Å². The molecule has 0 bridgehead atoms. The summed E-state index contributed by atoms with van der Waals surface area (Å²) in [6.07, 6.45) is 0. The summed E-state index contributed by atoms with van der Waals surface area (Å²) in [4.78, 5) is 13.4. The van der Waals surface area contributed by atoms with Crippen LogP contribution in [0.25, 0.3) is 0 Å². The minimum absolute atomic E-state index is 0.0760. The van der Waals surface area contributed by atoms with Gasteiger partial charge >= 0.3 is 6.03 Å². The Bertz CT molecular complexity index is 228. The highest BCUT2D eigenvalue weighted by molar-refractivity contribution is 5.76. The molecule has 1 aliphatic heterocycles. The molecule has 1 aliphatic rings. The van der Waals surface area contributed by atoms with E-state index in [-0.39, 0.29) is 17.5 Å². The van der Waals surface area contributed by atoms with Crippen molar-refractivity contribution in [3.8, 4) is 0 Å². The van der Waals surface area contributed by atoms with E-state index in [4.69, 9.17) is 0 Å². The van der Waals surface area contributed by atoms with Crippen LogP contribution in [0.3, 0.4) is 0 Å². The molecule has 88 valence electrons. The summed E-state index contributed by atoms with van der Waals surface area (Å²) < 4.78 is 0. The third-order valence-corrected chi connectivity index (χ3v) is 2.62. The van der Waals surface area contributed by atoms with Crippen LogP contribution in [-0.2, 0) is 0 Å². The number of amides is 2. The maximum Gasteiger partial charge on any atom is 0.317 e. The zero-order valence-corrected chi connectivity index (χ0v) is 10.3. The summed E-state index contributed by atoms with van der Waals surface area (Å²) in [5.41, 5.74) is 0.136. The lowest BCUT2D eigenvalue weighted by Gasteiger charge is -2.29. The van der Waals surface area contributed by atoms with Gasteiger partial charge in [-0.25, -0.2) is 4.79 Å². The largest absolute Gasteiger partial charge is 0.334 e. The van der Waals surface area contributed by atoms with Gasteiger partial charge in [-0.1, -0.05) is 20.8 Å². The molecule has 2 N–H and O–H groups in total. The highest BCUT2D eigenvalue weighted by Crippen LogP contribution is 2.18. The Morgan fingerprint density at radius 1 is 1.60 bits per heavy atom. The van der Waals surface area contributed by atoms with Gasteiger partial charge in [0.1, 0.15) is 0 Å². The minimum Gasteiger partial charge on any atom is -0.334 e. The lowest BCUT2D eigenvalue weighted by molar-refractivity contribution is 0.186. The topological polar surface area (TPSA) is 44.4 Å². The monoisotopic (exact) mass is 213 g/mol. The Kier molecular flexibility index (Phi) is 3.97. The average Bonchev–Trinajstić information content (AvgIpc) is 2.41. The molecule has 0 aromatic heterocycles. The number of carbonyl (C=O) groups excluding carboxylic acids is 1. The summed E-state index contributed by atoms with van der Waals surface area (Å²) in [5, 5.41) is 6.24. The molecule has 15 heavy (non-hydrogen) atoms. The molecule has 2 amide bonds. The van der Waals surface area contributed by atoms with E-state index in [0.29, 0.717) is 0 Å². The molecule has 1 atom stereocenters. The van der Waals surface area contributed by atoms with E-state index in [2.05, 4.69) is 31.4 Å². The molecule has 1 unspecified atom stereocenters. The van der Waals surface area contributed by atoms with Gasteiger partial charge < -0.3 is 15.5 Å². The van der Waals surface area contributed by atoms with Gasteiger partial charge in [0.25, 0.3) is 0 Å². The smallest absolute Gasteiger partial charge is 0.317 e. The first kappa shape index (κ1) is 12.3. The van der Waals surface area contributed by atoms with E-state index in [0.717, 1.165) is 26.2 Å². The van der Waals surface area contributed by atoms with Crippen molar-refractivity contribution in [3.05, 3.63) is 0 Å². The maximum absolute atomic E-state index is 11.5. The summed E-state index contributed by atoms with van der Waals surface area (Å²) >= 11 is 0. The van der Waals surface area contributed by atoms with Crippen LogP contribution in [0.5, 0.6) is 0 Å². The Labute approximate surface area is 92.4 Å². The fourth-order valence-corrected chi connectivity index (χ4v) is 1.93. The van der Waals surface area contributed by atoms with Crippen LogP contribution in [0.15, 0.2) is 0 Å². The minimum atomic E-state index is 0.0760. The zero-order chi connectivity index (χ0) is 11.5. The van der Waals surface area contributed by atoms with E-state index in [1.54, 1.807) is 0 Å². The van der Waals surface area contributed by atoms with Crippen LogP contribution in [0.1, 0.15) is 27.7 Å². The fourth-order valence-electron chi connectivity index (χ4n) is 1.93. The highest BCUT2D eigenvalue weighted by atomic mass is 16.2. The van der Waals surface area contributed by atoms with Crippen molar-refractivity contribution in [1.29, 1.82) is 0 Å². The first-order valence-electron chi connectivity index (χ1n) is 5.71. The Hall–Kier alpha value is -0.770. The number of rotatable bonds is 5. The first-order valence-corrected chi connectivity index (χ1v) is 5.71. The maximum atomic E-state index is 11.5. The van der Waals surface area contributed by atoms with Crippen LogP contribution >= 0.6 is 0 Å². The number of nitrogens with one attached hydrogen (secondary N) is 2. The molecule has 4 heteroatoms. The molecule has 1 fully saturated rings. The number of hydrogen-bond donors (Lipinski definition) is 2. The second kappa shape index (κ2) is 4.84.